The number of carbonyl (C=O) groups excluding carboxylic acids is 1. The van der Waals surface area contributed by atoms with E-state index in [9.17, 15) is 4.79 Å². The number of thioether (sulfide) groups is 1. The molecular formula is C13H25NO2S. The van der Waals surface area contributed by atoms with Crippen LogP contribution in [0.5, 0.6) is 0 Å². The molecule has 4 heteroatoms. The maximum Gasteiger partial charge on any atom is 0.325 e. The van der Waals surface area contributed by atoms with Gasteiger partial charge in [-0.15, -0.1) is 0 Å². The third-order valence-corrected chi connectivity index (χ3v) is 4.96. The summed E-state index contributed by atoms with van der Waals surface area (Å²) in [7, 11) is 3.27. The van der Waals surface area contributed by atoms with Crippen molar-refractivity contribution in [1.29, 1.82) is 0 Å². The lowest BCUT2D eigenvalue weighted by Gasteiger charge is -2.26. The van der Waals surface area contributed by atoms with Gasteiger partial charge in [0.1, 0.15) is 5.54 Å². The van der Waals surface area contributed by atoms with Crippen molar-refractivity contribution >= 4 is 17.7 Å². The number of rotatable bonds is 7. The van der Waals surface area contributed by atoms with Gasteiger partial charge in [-0.25, -0.2) is 0 Å². The summed E-state index contributed by atoms with van der Waals surface area (Å²) in [5, 5.41) is 3.07. The maximum absolute atomic E-state index is 11.6. The van der Waals surface area contributed by atoms with Gasteiger partial charge in [0.25, 0.3) is 0 Å². The SMILES string of the molecule is CNC(C)(CCSCC1CCCC1)C(=O)OC. The van der Waals surface area contributed by atoms with Crippen LogP contribution in [-0.2, 0) is 9.53 Å². The van der Waals surface area contributed by atoms with Crippen molar-refractivity contribution in [2.45, 2.75) is 44.6 Å². The second kappa shape index (κ2) is 7.27. The molecule has 1 aliphatic rings. The summed E-state index contributed by atoms with van der Waals surface area (Å²) in [6.07, 6.45) is 6.43. The first kappa shape index (κ1) is 14.8. The first-order chi connectivity index (χ1) is 8.12. The molecule has 0 amide bonds. The summed E-state index contributed by atoms with van der Waals surface area (Å²) in [4.78, 5) is 11.6. The number of hydrogen-bond acceptors (Lipinski definition) is 4. The molecule has 1 aliphatic carbocycles. The zero-order valence-corrected chi connectivity index (χ0v) is 12.1. The molecule has 100 valence electrons. The fourth-order valence-corrected chi connectivity index (χ4v) is 3.64. The predicted molar refractivity (Wildman–Crippen MR) is 73.4 cm³/mol. The van der Waals surface area contributed by atoms with Gasteiger partial charge in [-0.2, -0.15) is 11.8 Å². The molecule has 1 atom stereocenters. The molecule has 0 saturated heterocycles. The van der Waals surface area contributed by atoms with E-state index in [1.165, 1.54) is 38.5 Å². The van der Waals surface area contributed by atoms with Gasteiger partial charge in [0.2, 0.25) is 0 Å². The Morgan fingerprint density at radius 1 is 1.47 bits per heavy atom. The molecule has 1 fully saturated rings. The lowest BCUT2D eigenvalue weighted by atomic mass is 10.00. The van der Waals surface area contributed by atoms with E-state index in [1.807, 2.05) is 25.7 Å². The molecule has 0 aromatic rings. The molecular weight excluding hydrogens is 234 g/mol. The molecule has 1 saturated carbocycles. The zero-order chi connectivity index (χ0) is 12.7. The third kappa shape index (κ3) is 4.51. The lowest BCUT2D eigenvalue weighted by Crippen LogP contribution is -2.48. The predicted octanol–water partition coefficient (Wildman–Crippen LogP) is 2.45. The van der Waals surface area contributed by atoms with E-state index in [-0.39, 0.29) is 5.97 Å². The maximum atomic E-state index is 11.6. The smallest absolute Gasteiger partial charge is 0.325 e. The molecule has 0 aliphatic heterocycles. The summed E-state index contributed by atoms with van der Waals surface area (Å²) in [5.74, 6) is 3.02. The number of nitrogens with one attached hydrogen (secondary N) is 1. The van der Waals surface area contributed by atoms with Crippen LogP contribution in [0.4, 0.5) is 0 Å². The lowest BCUT2D eigenvalue weighted by molar-refractivity contribution is -0.147. The van der Waals surface area contributed by atoms with Crippen molar-refractivity contribution in [3.8, 4) is 0 Å². The van der Waals surface area contributed by atoms with E-state index in [0.29, 0.717) is 0 Å². The Bertz CT molecular complexity index is 242. The van der Waals surface area contributed by atoms with Gasteiger partial charge in [-0.05, 0) is 50.7 Å². The fraction of sp³-hybridized carbons (Fsp3) is 0.923. The molecule has 1 unspecified atom stereocenters. The van der Waals surface area contributed by atoms with Gasteiger partial charge in [-0.3, -0.25) is 4.79 Å². The quantitative estimate of drug-likeness (QED) is 0.563. The van der Waals surface area contributed by atoms with Crippen molar-refractivity contribution in [1.82, 2.24) is 5.32 Å². The summed E-state index contributed by atoms with van der Waals surface area (Å²) in [5.41, 5.74) is -0.530. The molecule has 3 nitrogen and oxygen atoms in total. The summed E-state index contributed by atoms with van der Waals surface area (Å²) in [6.45, 7) is 1.91. The highest BCUT2D eigenvalue weighted by Crippen LogP contribution is 2.28. The Labute approximate surface area is 109 Å². The van der Waals surface area contributed by atoms with Crippen LogP contribution >= 0.6 is 11.8 Å². The number of likely N-dealkylation sites (N-methyl/N-ethyl adjacent to an activating group) is 1. The highest BCUT2D eigenvalue weighted by atomic mass is 32.2. The number of esters is 1. The van der Waals surface area contributed by atoms with E-state index in [2.05, 4.69) is 5.32 Å². The van der Waals surface area contributed by atoms with Crippen LogP contribution < -0.4 is 5.32 Å². The molecule has 0 radical (unpaired) electrons. The molecule has 0 spiro atoms. The van der Waals surface area contributed by atoms with Gasteiger partial charge in [0, 0.05) is 0 Å². The summed E-state index contributed by atoms with van der Waals surface area (Å²) in [6, 6.07) is 0. The Kier molecular flexibility index (Phi) is 6.34. The number of hydrogen-bond donors (Lipinski definition) is 1. The number of carbonyl (C=O) groups is 1. The van der Waals surface area contributed by atoms with Gasteiger partial charge >= 0.3 is 5.97 Å². The summed E-state index contributed by atoms with van der Waals surface area (Å²) < 4.78 is 4.83. The van der Waals surface area contributed by atoms with Crippen LogP contribution in [-0.4, -0.2) is 37.2 Å². The van der Waals surface area contributed by atoms with Crippen molar-refractivity contribution in [2.24, 2.45) is 5.92 Å². The van der Waals surface area contributed by atoms with Gasteiger partial charge in [0.15, 0.2) is 0 Å². The van der Waals surface area contributed by atoms with Gasteiger partial charge in [0.05, 0.1) is 7.11 Å². The Morgan fingerprint density at radius 2 is 2.12 bits per heavy atom. The number of methoxy groups -OCH3 is 1. The van der Waals surface area contributed by atoms with Crippen molar-refractivity contribution < 1.29 is 9.53 Å². The monoisotopic (exact) mass is 259 g/mol. The minimum absolute atomic E-state index is 0.165. The van der Waals surface area contributed by atoms with E-state index >= 15 is 0 Å². The van der Waals surface area contributed by atoms with Crippen LogP contribution in [0, 0.1) is 5.92 Å². The van der Waals surface area contributed by atoms with Crippen LogP contribution in [0.2, 0.25) is 0 Å². The Balaban J connectivity index is 2.20. The molecule has 0 heterocycles. The van der Waals surface area contributed by atoms with Crippen molar-refractivity contribution in [3.05, 3.63) is 0 Å². The highest BCUT2D eigenvalue weighted by molar-refractivity contribution is 7.99. The first-order valence-corrected chi connectivity index (χ1v) is 7.63. The van der Waals surface area contributed by atoms with Gasteiger partial charge in [-0.1, -0.05) is 12.8 Å². The van der Waals surface area contributed by atoms with Crippen LogP contribution in [0.25, 0.3) is 0 Å². The molecule has 0 aromatic carbocycles. The average molecular weight is 259 g/mol. The highest BCUT2D eigenvalue weighted by Gasteiger charge is 2.31. The normalized spacial score (nSPS) is 20.2. The van der Waals surface area contributed by atoms with Crippen molar-refractivity contribution in [2.75, 3.05) is 25.7 Å². The topological polar surface area (TPSA) is 38.3 Å². The van der Waals surface area contributed by atoms with E-state index in [4.69, 9.17) is 4.74 Å². The molecule has 1 rings (SSSR count). The third-order valence-electron chi connectivity index (χ3n) is 3.76. The minimum Gasteiger partial charge on any atom is -0.468 e. The van der Waals surface area contributed by atoms with E-state index in [1.54, 1.807) is 0 Å². The molecule has 0 bridgehead atoms. The standard InChI is InChI=1S/C13H25NO2S/c1-13(14-2,12(15)16-3)8-9-17-10-11-6-4-5-7-11/h11,14H,4-10H2,1-3H3. The molecule has 0 aromatic heterocycles. The first-order valence-electron chi connectivity index (χ1n) is 6.47. The second-order valence-electron chi connectivity index (χ2n) is 5.05. The van der Waals surface area contributed by atoms with Crippen LogP contribution in [0.15, 0.2) is 0 Å². The molecule has 1 N–H and O–H groups in total. The van der Waals surface area contributed by atoms with Crippen LogP contribution in [0.3, 0.4) is 0 Å². The van der Waals surface area contributed by atoms with E-state index in [0.717, 1.165) is 18.1 Å². The molecule has 17 heavy (non-hydrogen) atoms. The number of ether oxygens (including phenoxy) is 1. The van der Waals surface area contributed by atoms with Gasteiger partial charge < -0.3 is 10.1 Å². The second-order valence-corrected chi connectivity index (χ2v) is 6.20. The van der Waals surface area contributed by atoms with Crippen LogP contribution in [0.1, 0.15) is 39.0 Å². The summed E-state index contributed by atoms with van der Waals surface area (Å²) >= 11 is 1.97. The minimum atomic E-state index is -0.530. The fourth-order valence-electron chi connectivity index (χ4n) is 2.26. The van der Waals surface area contributed by atoms with E-state index < -0.39 is 5.54 Å². The van der Waals surface area contributed by atoms with Crippen molar-refractivity contribution in [3.63, 3.8) is 0 Å². The zero-order valence-electron chi connectivity index (χ0n) is 11.3. The largest absolute Gasteiger partial charge is 0.468 e. The Hall–Kier alpha value is -0.220. The Morgan fingerprint density at radius 3 is 2.65 bits per heavy atom. The average Bonchev–Trinajstić information content (AvgIpc) is 2.86.